The Morgan fingerprint density at radius 1 is 0.324 bits per heavy atom. The predicted molar refractivity (Wildman–Crippen MR) is 325 cm³/mol. The van der Waals surface area contributed by atoms with Crippen molar-refractivity contribution in [3.05, 3.63) is 122 Å². The molecule has 0 amide bonds. The van der Waals surface area contributed by atoms with Crippen molar-refractivity contribution in [2.45, 2.75) is 290 Å². The van der Waals surface area contributed by atoms with Crippen molar-refractivity contribution >= 4 is 11.9 Å². The summed E-state index contributed by atoms with van der Waals surface area (Å²) in [5, 5.41) is 9.67. The van der Waals surface area contributed by atoms with E-state index in [0.717, 1.165) is 103 Å². The minimum atomic E-state index is -0.784. The van der Waals surface area contributed by atoms with E-state index >= 15 is 0 Å². The molecule has 0 saturated carbocycles. The second-order valence-electron chi connectivity index (χ2n) is 20.4. The molecule has 0 rings (SSSR count). The molecular weight excluding hydrogens is 909 g/mol. The van der Waals surface area contributed by atoms with E-state index in [4.69, 9.17) is 9.47 Å². The zero-order valence-electron chi connectivity index (χ0n) is 48.3. The molecule has 0 heterocycles. The van der Waals surface area contributed by atoms with Gasteiger partial charge in [0, 0.05) is 12.8 Å². The number of ether oxygens (including phenoxy) is 2. The molecule has 0 spiro atoms. The van der Waals surface area contributed by atoms with E-state index in [1.54, 1.807) is 0 Å². The van der Waals surface area contributed by atoms with Crippen molar-refractivity contribution in [3.63, 3.8) is 0 Å². The monoisotopic (exact) mass is 1020 g/mol. The second kappa shape index (κ2) is 63.6. The zero-order chi connectivity index (χ0) is 53.4. The van der Waals surface area contributed by atoms with E-state index in [1.165, 1.54) is 154 Å². The van der Waals surface area contributed by atoms with Gasteiger partial charge >= 0.3 is 11.9 Å². The van der Waals surface area contributed by atoms with Crippen LogP contribution in [0, 0.1) is 0 Å². The largest absolute Gasteiger partial charge is 0.462 e. The van der Waals surface area contributed by atoms with Crippen molar-refractivity contribution in [1.29, 1.82) is 0 Å². The predicted octanol–water partition coefficient (Wildman–Crippen LogP) is 21.4. The fraction of sp³-hybridized carbons (Fsp3) is 0.681. The lowest BCUT2D eigenvalue weighted by molar-refractivity contribution is -0.161. The van der Waals surface area contributed by atoms with Gasteiger partial charge in [-0.3, -0.25) is 9.59 Å². The SMILES string of the molecule is CC/C=C\C/C=C\C/C=C\C/C=C\C/C=C\C/C=C\C/C=C\C/C=C\C/C=C\CCCCCCCCCCCC(=O)OC(CO)COC(=O)CCCCCCCCCCCCC/C=C\CCCCCCCCCC. The maximum atomic E-state index is 12.3. The zero-order valence-corrected chi connectivity index (χ0v) is 48.3. The lowest BCUT2D eigenvalue weighted by Gasteiger charge is -2.15. The molecule has 0 aromatic carbocycles. The van der Waals surface area contributed by atoms with Crippen LogP contribution in [0.4, 0.5) is 0 Å². The standard InChI is InChI=1S/C69H116O5/c1-3-5-7-9-11-13-15-17-19-21-23-25-27-28-29-30-31-32-33-34-35-36-37-38-39-40-42-44-46-48-50-52-54-56-58-60-62-64-69(72)74-67(65-70)66-73-68(71)63-61-59-57-55-53-51-49-47-45-43-41-26-24-22-20-18-16-14-12-10-8-6-4-2/h5,7,11,13,17,19,22-25,28-29,31-32,34-35,37-38,40,42,67,70H,3-4,6,8-10,12,14-16,18,20-21,26-27,30,33,36,39,41,43-66H2,1-2H3/b7-5-,13-11-,19-17-,24-22-,25-23-,29-28-,32-31-,35-34-,38-37-,42-40-. The number of aliphatic hydroxyl groups excluding tert-OH is 1. The molecule has 0 aliphatic heterocycles. The number of aliphatic hydroxyl groups is 1. The van der Waals surface area contributed by atoms with Gasteiger partial charge in [-0.1, -0.05) is 283 Å². The van der Waals surface area contributed by atoms with Crippen molar-refractivity contribution < 1.29 is 24.2 Å². The number of carbonyl (C=O) groups is 2. The lowest BCUT2D eigenvalue weighted by atomic mass is 10.0. The van der Waals surface area contributed by atoms with Crippen LogP contribution in [0.3, 0.4) is 0 Å². The molecule has 1 atom stereocenters. The van der Waals surface area contributed by atoms with Crippen molar-refractivity contribution in [2.75, 3.05) is 13.2 Å². The van der Waals surface area contributed by atoms with Gasteiger partial charge in [0.2, 0.25) is 0 Å². The molecule has 1 unspecified atom stereocenters. The first-order valence-corrected chi connectivity index (χ1v) is 31.1. The summed E-state index contributed by atoms with van der Waals surface area (Å²) in [5.41, 5.74) is 0. The van der Waals surface area contributed by atoms with Crippen LogP contribution in [-0.2, 0) is 19.1 Å². The average molecular weight is 1030 g/mol. The molecule has 422 valence electrons. The summed E-state index contributed by atoms with van der Waals surface area (Å²) in [5.74, 6) is -0.597. The topological polar surface area (TPSA) is 72.8 Å². The van der Waals surface area contributed by atoms with Gasteiger partial charge in [0.15, 0.2) is 6.10 Å². The molecule has 0 aromatic rings. The van der Waals surface area contributed by atoms with Crippen LogP contribution < -0.4 is 0 Å². The van der Waals surface area contributed by atoms with Crippen LogP contribution in [0.1, 0.15) is 284 Å². The highest BCUT2D eigenvalue weighted by Crippen LogP contribution is 2.16. The minimum Gasteiger partial charge on any atom is -0.462 e. The summed E-state index contributed by atoms with van der Waals surface area (Å²) in [7, 11) is 0. The third-order valence-electron chi connectivity index (χ3n) is 13.2. The van der Waals surface area contributed by atoms with E-state index in [9.17, 15) is 14.7 Å². The number of unbranched alkanes of at least 4 members (excludes halogenated alkanes) is 28. The molecule has 0 aliphatic carbocycles. The first-order valence-electron chi connectivity index (χ1n) is 31.1. The van der Waals surface area contributed by atoms with Crippen LogP contribution in [0.5, 0.6) is 0 Å². The third-order valence-corrected chi connectivity index (χ3v) is 13.2. The molecule has 0 fully saturated rings. The van der Waals surface area contributed by atoms with Gasteiger partial charge in [0.05, 0.1) is 6.61 Å². The molecule has 1 N–H and O–H groups in total. The van der Waals surface area contributed by atoms with Crippen molar-refractivity contribution in [1.82, 2.24) is 0 Å². The van der Waals surface area contributed by atoms with Crippen LogP contribution in [0.15, 0.2) is 122 Å². The highest BCUT2D eigenvalue weighted by Gasteiger charge is 2.16. The Morgan fingerprint density at radius 3 is 0.892 bits per heavy atom. The van der Waals surface area contributed by atoms with Gasteiger partial charge in [-0.15, -0.1) is 0 Å². The maximum Gasteiger partial charge on any atom is 0.306 e. The number of hydrogen-bond acceptors (Lipinski definition) is 5. The fourth-order valence-electron chi connectivity index (χ4n) is 8.60. The molecule has 0 saturated heterocycles. The Labute approximate surface area is 458 Å². The van der Waals surface area contributed by atoms with E-state index in [1.807, 2.05) is 0 Å². The summed E-state index contributed by atoms with van der Waals surface area (Å²) in [6.07, 6.45) is 93.3. The Morgan fingerprint density at radius 2 is 0.581 bits per heavy atom. The highest BCUT2D eigenvalue weighted by atomic mass is 16.6. The van der Waals surface area contributed by atoms with E-state index in [2.05, 4.69) is 135 Å². The summed E-state index contributed by atoms with van der Waals surface area (Å²) in [6.45, 7) is 4.04. The van der Waals surface area contributed by atoms with Gasteiger partial charge in [0.1, 0.15) is 6.61 Å². The van der Waals surface area contributed by atoms with Gasteiger partial charge in [-0.05, 0) is 109 Å². The van der Waals surface area contributed by atoms with E-state index in [-0.39, 0.29) is 25.2 Å². The molecule has 0 radical (unpaired) electrons. The van der Waals surface area contributed by atoms with Crippen molar-refractivity contribution in [2.24, 2.45) is 0 Å². The average Bonchev–Trinajstić information content (AvgIpc) is 3.40. The summed E-state index contributed by atoms with van der Waals surface area (Å²) in [6, 6.07) is 0. The van der Waals surface area contributed by atoms with Gasteiger partial charge < -0.3 is 14.6 Å². The Hall–Kier alpha value is -3.70. The summed E-state index contributed by atoms with van der Waals surface area (Å²) < 4.78 is 10.7. The Balaban J connectivity index is 3.56. The molecular formula is C69H116O5. The number of rotatable bonds is 56. The molecule has 74 heavy (non-hydrogen) atoms. The van der Waals surface area contributed by atoms with E-state index < -0.39 is 6.10 Å². The third kappa shape index (κ3) is 60.9. The lowest BCUT2D eigenvalue weighted by Crippen LogP contribution is -2.28. The molecule has 5 heteroatoms. The number of carbonyl (C=O) groups excluding carboxylic acids is 2. The summed E-state index contributed by atoms with van der Waals surface area (Å²) >= 11 is 0. The van der Waals surface area contributed by atoms with Crippen molar-refractivity contribution in [3.8, 4) is 0 Å². The van der Waals surface area contributed by atoms with Crippen LogP contribution in [0.2, 0.25) is 0 Å². The molecule has 0 bridgehead atoms. The number of hydrogen-bond donors (Lipinski definition) is 1. The summed E-state index contributed by atoms with van der Waals surface area (Å²) in [4.78, 5) is 24.6. The Bertz CT molecular complexity index is 1490. The maximum absolute atomic E-state index is 12.3. The van der Waals surface area contributed by atoms with Gasteiger partial charge in [-0.25, -0.2) is 0 Å². The highest BCUT2D eigenvalue weighted by molar-refractivity contribution is 5.70. The first-order chi connectivity index (χ1) is 36.6. The quantitative estimate of drug-likeness (QED) is 0.0373. The smallest absolute Gasteiger partial charge is 0.306 e. The second-order valence-corrected chi connectivity index (χ2v) is 20.4. The normalized spacial score (nSPS) is 13.1. The molecule has 0 aliphatic rings. The van der Waals surface area contributed by atoms with Gasteiger partial charge in [-0.2, -0.15) is 0 Å². The number of esters is 2. The fourth-order valence-corrected chi connectivity index (χ4v) is 8.60. The number of allylic oxidation sites excluding steroid dienone is 20. The van der Waals surface area contributed by atoms with Crippen LogP contribution in [0.25, 0.3) is 0 Å². The van der Waals surface area contributed by atoms with Gasteiger partial charge in [0.25, 0.3) is 0 Å². The minimum absolute atomic E-state index is 0.0729. The van der Waals surface area contributed by atoms with E-state index in [0.29, 0.717) is 12.8 Å². The Kier molecular flexibility index (Phi) is 60.4. The van der Waals surface area contributed by atoms with Crippen LogP contribution >= 0.6 is 0 Å². The first kappa shape index (κ1) is 70.3. The molecule has 0 aromatic heterocycles. The molecule has 5 nitrogen and oxygen atoms in total. The van der Waals surface area contributed by atoms with Crippen LogP contribution in [-0.4, -0.2) is 36.4 Å².